The Labute approximate surface area is 148 Å². The van der Waals surface area contributed by atoms with Crippen LogP contribution in [-0.4, -0.2) is 39.3 Å². The van der Waals surface area contributed by atoms with Crippen LogP contribution in [-0.2, 0) is 13.1 Å². The van der Waals surface area contributed by atoms with Gasteiger partial charge < -0.3 is 24.8 Å². The van der Waals surface area contributed by atoms with Gasteiger partial charge in [0.25, 0.3) is 0 Å². The Morgan fingerprint density at radius 3 is 2.48 bits per heavy atom. The Morgan fingerprint density at radius 2 is 1.80 bits per heavy atom. The fraction of sp³-hybridized carbons (Fsp3) is 0.333. The number of hydrogen-bond acceptors (Lipinski definition) is 5. The van der Waals surface area contributed by atoms with E-state index in [0.717, 1.165) is 22.8 Å². The lowest BCUT2D eigenvalue weighted by Gasteiger charge is -2.14. The van der Waals surface area contributed by atoms with Crippen LogP contribution >= 0.6 is 0 Å². The molecule has 0 amide bonds. The minimum Gasteiger partial charge on any atom is -0.497 e. The summed E-state index contributed by atoms with van der Waals surface area (Å²) in [5, 5.41) is 6.48. The van der Waals surface area contributed by atoms with E-state index in [4.69, 9.17) is 14.2 Å². The second-order valence-electron chi connectivity index (χ2n) is 5.13. The van der Waals surface area contributed by atoms with Crippen molar-refractivity contribution in [2.24, 2.45) is 4.99 Å². The molecule has 2 N–H and O–H groups in total. The lowest BCUT2D eigenvalue weighted by Crippen LogP contribution is -2.36. The summed E-state index contributed by atoms with van der Waals surface area (Å²) in [5.41, 5.74) is 1.87. The van der Waals surface area contributed by atoms with Gasteiger partial charge in [-0.2, -0.15) is 0 Å². The summed E-state index contributed by atoms with van der Waals surface area (Å²) >= 11 is 0. The lowest BCUT2D eigenvalue weighted by atomic mass is 10.2. The molecular formula is C18H24N4O3. The van der Waals surface area contributed by atoms with Gasteiger partial charge in [-0.15, -0.1) is 0 Å². The first-order valence-electron chi connectivity index (χ1n) is 7.85. The van der Waals surface area contributed by atoms with Crippen molar-refractivity contribution in [1.82, 2.24) is 15.6 Å². The molecule has 0 fully saturated rings. The first kappa shape index (κ1) is 18.4. The number of guanidine groups is 1. The largest absolute Gasteiger partial charge is 0.497 e. The van der Waals surface area contributed by atoms with Crippen molar-refractivity contribution in [2.45, 2.75) is 13.1 Å². The molecule has 1 aromatic carbocycles. The maximum Gasteiger partial charge on any atom is 0.213 e. The van der Waals surface area contributed by atoms with Gasteiger partial charge in [-0.05, 0) is 18.2 Å². The maximum atomic E-state index is 5.40. The van der Waals surface area contributed by atoms with Crippen LogP contribution in [0.2, 0.25) is 0 Å². The molecular weight excluding hydrogens is 320 g/mol. The molecule has 0 radical (unpaired) electrons. The molecule has 0 aliphatic heterocycles. The standard InChI is InChI=1S/C18H24N4O3/c1-19-18(21-12-14-6-5-7-17(22-14)25-4)20-11-13-8-9-15(23-2)10-16(13)24-3/h5-10H,11-12H2,1-4H3,(H2,19,20,21). The Bertz CT molecular complexity index is 719. The topological polar surface area (TPSA) is 77.0 Å². The molecule has 0 saturated carbocycles. The summed E-state index contributed by atoms with van der Waals surface area (Å²) < 4.78 is 15.7. The highest BCUT2D eigenvalue weighted by molar-refractivity contribution is 5.79. The summed E-state index contributed by atoms with van der Waals surface area (Å²) in [5.74, 6) is 2.77. The van der Waals surface area contributed by atoms with E-state index in [9.17, 15) is 0 Å². The number of nitrogens with zero attached hydrogens (tertiary/aromatic N) is 2. The van der Waals surface area contributed by atoms with Gasteiger partial charge in [-0.1, -0.05) is 6.07 Å². The van der Waals surface area contributed by atoms with Crippen molar-refractivity contribution in [3.05, 3.63) is 47.7 Å². The highest BCUT2D eigenvalue weighted by Crippen LogP contribution is 2.24. The van der Waals surface area contributed by atoms with Crippen molar-refractivity contribution in [2.75, 3.05) is 28.4 Å². The van der Waals surface area contributed by atoms with Crippen molar-refractivity contribution >= 4 is 5.96 Å². The number of pyridine rings is 1. The van der Waals surface area contributed by atoms with E-state index < -0.39 is 0 Å². The molecule has 0 saturated heterocycles. The number of ether oxygens (including phenoxy) is 3. The van der Waals surface area contributed by atoms with E-state index in [1.165, 1.54) is 0 Å². The van der Waals surface area contributed by atoms with Gasteiger partial charge in [0.1, 0.15) is 11.5 Å². The molecule has 0 bridgehead atoms. The smallest absolute Gasteiger partial charge is 0.213 e. The van der Waals surface area contributed by atoms with Crippen LogP contribution in [0.1, 0.15) is 11.3 Å². The zero-order valence-electron chi connectivity index (χ0n) is 15.0. The summed E-state index contributed by atoms with van der Waals surface area (Å²) in [4.78, 5) is 8.58. The number of benzene rings is 1. The third kappa shape index (κ3) is 5.27. The highest BCUT2D eigenvalue weighted by atomic mass is 16.5. The lowest BCUT2D eigenvalue weighted by molar-refractivity contribution is 0.390. The first-order chi connectivity index (χ1) is 12.2. The van der Waals surface area contributed by atoms with Crippen LogP contribution in [0.3, 0.4) is 0 Å². The number of hydrogen-bond donors (Lipinski definition) is 2. The zero-order chi connectivity index (χ0) is 18.1. The van der Waals surface area contributed by atoms with E-state index in [-0.39, 0.29) is 0 Å². The van der Waals surface area contributed by atoms with Gasteiger partial charge in [-0.3, -0.25) is 4.99 Å². The van der Waals surface area contributed by atoms with Gasteiger partial charge in [0.2, 0.25) is 5.88 Å². The van der Waals surface area contributed by atoms with Gasteiger partial charge in [0.05, 0.1) is 33.6 Å². The molecule has 25 heavy (non-hydrogen) atoms. The maximum absolute atomic E-state index is 5.40. The Kier molecular flexibility index (Phi) is 6.88. The number of methoxy groups -OCH3 is 3. The van der Waals surface area contributed by atoms with Crippen molar-refractivity contribution in [3.63, 3.8) is 0 Å². The number of aromatic nitrogens is 1. The Balaban J connectivity index is 1.94. The predicted molar refractivity (Wildman–Crippen MR) is 97.4 cm³/mol. The molecule has 2 aromatic rings. The summed E-state index contributed by atoms with van der Waals surface area (Å²) in [6.45, 7) is 1.11. The monoisotopic (exact) mass is 344 g/mol. The van der Waals surface area contributed by atoms with Crippen LogP contribution in [0.5, 0.6) is 17.4 Å². The predicted octanol–water partition coefficient (Wildman–Crippen LogP) is 1.97. The zero-order valence-corrected chi connectivity index (χ0v) is 15.0. The van der Waals surface area contributed by atoms with E-state index in [1.54, 1.807) is 28.4 Å². The quantitative estimate of drug-likeness (QED) is 0.591. The fourth-order valence-electron chi connectivity index (χ4n) is 2.24. The van der Waals surface area contributed by atoms with E-state index in [0.29, 0.717) is 24.9 Å². The molecule has 134 valence electrons. The molecule has 0 atom stereocenters. The Morgan fingerprint density at radius 1 is 1.00 bits per heavy atom. The van der Waals surface area contributed by atoms with Gasteiger partial charge in [0.15, 0.2) is 5.96 Å². The number of nitrogens with one attached hydrogen (secondary N) is 2. The SMILES string of the molecule is CN=C(NCc1cccc(OC)n1)NCc1ccc(OC)cc1OC. The average Bonchev–Trinajstić information content (AvgIpc) is 2.68. The molecule has 1 aromatic heterocycles. The molecule has 0 unspecified atom stereocenters. The average molecular weight is 344 g/mol. The molecule has 0 aliphatic rings. The fourth-order valence-corrected chi connectivity index (χ4v) is 2.24. The van der Waals surface area contributed by atoms with Crippen LogP contribution in [0.15, 0.2) is 41.4 Å². The van der Waals surface area contributed by atoms with E-state index >= 15 is 0 Å². The van der Waals surface area contributed by atoms with Gasteiger partial charge in [-0.25, -0.2) is 4.98 Å². The molecule has 2 rings (SSSR count). The normalized spacial score (nSPS) is 11.0. The van der Waals surface area contributed by atoms with Crippen LogP contribution < -0.4 is 24.8 Å². The summed E-state index contributed by atoms with van der Waals surface area (Å²) in [6.07, 6.45) is 0. The highest BCUT2D eigenvalue weighted by Gasteiger charge is 2.06. The second-order valence-corrected chi connectivity index (χ2v) is 5.13. The minimum atomic E-state index is 0.538. The number of rotatable bonds is 7. The van der Waals surface area contributed by atoms with Crippen LogP contribution in [0.4, 0.5) is 0 Å². The second kappa shape index (κ2) is 9.36. The van der Waals surface area contributed by atoms with Crippen molar-refractivity contribution in [3.8, 4) is 17.4 Å². The molecule has 7 heteroatoms. The summed E-state index contributed by atoms with van der Waals surface area (Å²) in [7, 11) is 6.59. The molecule has 1 heterocycles. The molecule has 0 spiro atoms. The van der Waals surface area contributed by atoms with Crippen molar-refractivity contribution in [1.29, 1.82) is 0 Å². The summed E-state index contributed by atoms with van der Waals surface area (Å²) in [6, 6.07) is 11.4. The Hall–Kier alpha value is -2.96. The third-order valence-electron chi connectivity index (χ3n) is 3.59. The van der Waals surface area contributed by atoms with Gasteiger partial charge >= 0.3 is 0 Å². The minimum absolute atomic E-state index is 0.538. The van der Waals surface area contributed by atoms with E-state index in [1.807, 2.05) is 36.4 Å². The third-order valence-corrected chi connectivity index (χ3v) is 3.59. The van der Waals surface area contributed by atoms with Crippen LogP contribution in [0, 0.1) is 0 Å². The van der Waals surface area contributed by atoms with Crippen LogP contribution in [0.25, 0.3) is 0 Å². The first-order valence-corrected chi connectivity index (χ1v) is 7.85. The van der Waals surface area contributed by atoms with Gasteiger partial charge in [0, 0.05) is 31.3 Å². The number of aliphatic imine (C=N–C) groups is 1. The molecule has 7 nitrogen and oxygen atoms in total. The van der Waals surface area contributed by atoms with Crippen molar-refractivity contribution < 1.29 is 14.2 Å². The molecule has 0 aliphatic carbocycles. The van der Waals surface area contributed by atoms with E-state index in [2.05, 4.69) is 20.6 Å².